The Morgan fingerprint density at radius 1 is 1.19 bits per heavy atom. The zero-order chi connectivity index (χ0) is 26.8. The number of hydrogen-bond acceptors (Lipinski definition) is 5. The van der Waals surface area contributed by atoms with Crippen LogP contribution in [0.5, 0.6) is 5.75 Å². The summed E-state index contributed by atoms with van der Waals surface area (Å²) in [5, 5.41) is 10.6. The van der Waals surface area contributed by atoms with E-state index in [-0.39, 0.29) is 17.2 Å². The van der Waals surface area contributed by atoms with Crippen molar-refractivity contribution in [3.63, 3.8) is 0 Å². The minimum atomic E-state index is -1.72. The smallest absolute Gasteiger partial charge is 0.191 e. The van der Waals surface area contributed by atoms with Crippen LogP contribution in [-0.4, -0.2) is 52.1 Å². The lowest BCUT2D eigenvalue weighted by Gasteiger charge is -2.36. The number of hydrogen-bond donors (Lipinski definition) is 1. The van der Waals surface area contributed by atoms with Gasteiger partial charge in [0.05, 0.1) is 38.6 Å². The molecule has 0 amide bonds. The number of ether oxygens (including phenoxy) is 3. The maximum Gasteiger partial charge on any atom is 0.191 e. The molecule has 0 spiro atoms. The number of aliphatic hydroxyl groups is 1. The van der Waals surface area contributed by atoms with Crippen molar-refractivity contribution in [1.82, 2.24) is 0 Å². The highest BCUT2D eigenvalue weighted by molar-refractivity contribution is 6.74. The van der Waals surface area contributed by atoms with Gasteiger partial charge in [-0.3, -0.25) is 0 Å². The number of benzene rings is 1. The topological polar surface area (TPSA) is 57.2 Å². The molecule has 1 aliphatic heterocycles. The average Bonchev–Trinajstić information content (AvgIpc) is 2.78. The van der Waals surface area contributed by atoms with Crippen LogP contribution < -0.4 is 4.74 Å². The van der Waals surface area contributed by atoms with Crippen molar-refractivity contribution < 1.29 is 23.7 Å². The molecule has 0 unspecified atom stereocenters. The fourth-order valence-electron chi connectivity index (χ4n) is 4.23. The van der Waals surface area contributed by atoms with Gasteiger partial charge in [0.1, 0.15) is 5.75 Å². The van der Waals surface area contributed by atoms with E-state index in [2.05, 4.69) is 59.5 Å². The molecule has 1 aromatic carbocycles. The second-order valence-corrected chi connectivity index (χ2v) is 16.7. The second-order valence-electron chi connectivity index (χ2n) is 11.9. The lowest BCUT2D eigenvalue weighted by Crippen LogP contribution is -2.41. The summed E-state index contributed by atoms with van der Waals surface area (Å²) in [7, 11) is -0.0661. The van der Waals surface area contributed by atoms with Crippen LogP contribution in [-0.2, 0) is 20.5 Å². The fraction of sp³-hybridized carbons (Fsp3) is 0.667. The van der Waals surface area contributed by atoms with E-state index in [4.69, 9.17) is 18.6 Å². The molecule has 2 rings (SSSR count). The molecule has 0 fully saturated rings. The molecule has 204 valence electrons. The fourth-order valence-corrected chi connectivity index (χ4v) is 5.29. The Bertz CT molecular complexity index is 812. The molecule has 0 radical (unpaired) electrons. The third-order valence-electron chi connectivity index (χ3n) is 7.35. The SMILES string of the molecule is C=C(C[C@H](C)C[C@@H]1CC=C[C@@H](CCO[Si](C)(C)C(C)(C)C)O1)C[C@H](O)COCc1ccc(OC)cc1. The van der Waals surface area contributed by atoms with Crippen LogP contribution in [0, 0.1) is 5.92 Å². The lowest BCUT2D eigenvalue weighted by atomic mass is 9.92. The molecule has 0 saturated carbocycles. The molecule has 6 heteroatoms. The summed E-state index contributed by atoms with van der Waals surface area (Å²) in [6.07, 6.45) is 8.58. The Morgan fingerprint density at radius 2 is 1.89 bits per heavy atom. The van der Waals surface area contributed by atoms with Crippen molar-refractivity contribution in [3.8, 4) is 5.75 Å². The Balaban J connectivity index is 1.64. The predicted octanol–water partition coefficient (Wildman–Crippen LogP) is 7.06. The van der Waals surface area contributed by atoms with E-state index in [0.29, 0.717) is 25.6 Å². The van der Waals surface area contributed by atoms with Crippen LogP contribution in [0.1, 0.15) is 65.4 Å². The predicted molar refractivity (Wildman–Crippen MR) is 151 cm³/mol. The molecule has 0 aliphatic carbocycles. The first-order valence-corrected chi connectivity index (χ1v) is 16.3. The quantitative estimate of drug-likeness (QED) is 0.199. The normalized spacial score (nSPS) is 20.2. The highest BCUT2D eigenvalue weighted by atomic mass is 28.4. The van der Waals surface area contributed by atoms with Crippen molar-refractivity contribution >= 4 is 8.32 Å². The van der Waals surface area contributed by atoms with E-state index >= 15 is 0 Å². The summed E-state index contributed by atoms with van der Waals surface area (Å²) >= 11 is 0. The zero-order valence-electron chi connectivity index (χ0n) is 23.7. The van der Waals surface area contributed by atoms with E-state index in [1.807, 2.05) is 24.3 Å². The summed E-state index contributed by atoms with van der Waals surface area (Å²) in [5.41, 5.74) is 2.12. The van der Waals surface area contributed by atoms with Gasteiger partial charge in [-0.1, -0.05) is 64.1 Å². The van der Waals surface area contributed by atoms with Gasteiger partial charge in [0.15, 0.2) is 8.32 Å². The second kappa shape index (κ2) is 14.5. The molecule has 0 aromatic heterocycles. The summed E-state index contributed by atoms with van der Waals surface area (Å²) in [6, 6.07) is 7.77. The summed E-state index contributed by atoms with van der Waals surface area (Å²) < 4.78 is 23.6. The molecular weight excluding hydrogens is 468 g/mol. The molecule has 5 nitrogen and oxygen atoms in total. The highest BCUT2D eigenvalue weighted by Gasteiger charge is 2.37. The first-order chi connectivity index (χ1) is 16.9. The maximum atomic E-state index is 10.4. The van der Waals surface area contributed by atoms with E-state index in [1.54, 1.807) is 7.11 Å². The Labute approximate surface area is 221 Å². The standard InChI is InChI=1S/C30H50O5Si/c1-23(19-26(31)22-33-21-25-12-14-27(32-6)15-13-25)18-24(2)20-29-11-9-10-28(35-29)16-17-34-36(7,8)30(3,4)5/h9-10,12-15,24,26,28-29,31H,1,11,16-22H2,2-8H3/t24-,26-,28-,29-/m0/s1. The maximum absolute atomic E-state index is 10.4. The molecule has 1 aliphatic rings. The minimum absolute atomic E-state index is 0.133. The zero-order valence-corrected chi connectivity index (χ0v) is 24.7. The Hall–Kier alpha value is -1.44. The molecule has 0 saturated heterocycles. The van der Waals surface area contributed by atoms with Crippen molar-refractivity contribution in [2.24, 2.45) is 5.92 Å². The summed E-state index contributed by atoms with van der Waals surface area (Å²) in [6.45, 7) is 19.4. The molecule has 1 aromatic rings. The van der Waals surface area contributed by atoms with Crippen LogP contribution in [0.3, 0.4) is 0 Å². The largest absolute Gasteiger partial charge is 0.497 e. The van der Waals surface area contributed by atoms with Crippen LogP contribution in [0.2, 0.25) is 18.1 Å². The van der Waals surface area contributed by atoms with Gasteiger partial charge in [-0.25, -0.2) is 0 Å². The van der Waals surface area contributed by atoms with Gasteiger partial charge in [0.25, 0.3) is 0 Å². The van der Waals surface area contributed by atoms with Gasteiger partial charge in [-0.15, -0.1) is 0 Å². The molecule has 36 heavy (non-hydrogen) atoms. The first-order valence-electron chi connectivity index (χ1n) is 13.4. The molecular formula is C30H50O5Si. The van der Waals surface area contributed by atoms with Gasteiger partial charge in [0, 0.05) is 6.61 Å². The van der Waals surface area contributed by atoms with Crippen LogP contribution in [0.15, 0.2) is 48.6 Å². The Morgan fingerprint density at radius 3 is 2.53 bits per heavy atom. The van der Waals surface area contributed by atoms with Crippen molar-refractivity contribution in [3.05, 3.63) is 54.1 Å². The van der Waals surface area contributed by atoms with Crippen molar-refractivity contribution in [1.29, 1.82) is 0 Å². The van der Waals surface area contributed by atoms with E-state index in [1.165, 1.54) is 0 Å². The van der Waals surface area contributed by atoms with Gasteiger partial charge in [-0.05, 0) is 73.9 Å². The van der Waals surface area contributed by atoms with Gasteiger partial charge in [-0.2, -0.15) is 0 Å². The Kier molecular flexibility index (Phi) is 12.4. The van der Waals surface area contributed by atoms with Crippen LogP contribution >= 0.6 is 0 Å². The van der Waals surface area contributed by atoms with Crippen molar-refractivity contribution in [2.75, 3.05) is 20.3 Å². The lowest BCUT2D eigenvalue weighted by molar-refractivity contribution is -0.0149. The number of rotatable bonds is 15. The van der Waals surface area contributed by atoms with E-state index < -0.39 is 14.4 Å². The van der Waals surface area contributed by atoms with Crippen LogP contribution in [0.25, 0.3) is 0 Å². The monoisotopic (exact) mass is 518 g/mol. The molecule has 1 N–H and O–H groups in total. The minimum Gasteiger partial charge on any atom is -0.497 e. The van der Waals surface area contributed by atoms with Gasteiger partial charge < -0.3 is 23.7 Å². The van der Waals surface area contributed by atoms with Crippen LogP contribution in [0.4, 0.5) is 0 Å². The third-order valence-corrected chi connectivity index (χ3v) is 11.9. The summed E-state index contributed by atoms with van der Waals surface area (Å²) in [4.78, 5) is 0. The molecule has 1 heterocycles. The first kappa shape index (κ1) is 30.8. The van der Waals surface area contributed by atoms with Gasteiger partial charge >= 0.3 is 0 Å². The van der Waals surface area contributed by atoms with E-state index in [9.17, 15) is 5.11 Å². The third kappa shape index (κ3) is 10.9. The molecule has 4 atom stereocenters. The number of aliphatic hydroxyl groups excluding tert-OH is 1. The highest BCUT2D eigenvalue weighted by Crippen LogP contribution is 2.36. The average molecular weight is 519 g/mol. The van der Waals surface area contributed by atoms with E-state index in [0.717, 1.165) is 49.2 Å². The van der Waals surface area contributed by atoms with Gasteiger partial charge in [0.2, 0.25) is 0 Å². The molecule has 0 bridgehead atoms. The summed E-state index contributed by atoms with van der Waals surface area (Å²) in [5.74, 6) is 1.27. The number of methoxy groups -OCH3 is 1. The van der Waals surface area contributed by atoms with Crippen molar-refractivity contribution in [2.45, 2.75) is 103 Å².